The summed E-state index contributed by atoms with van der Waals surface area (Å²) in [6, 6.07) is 12.5. The average Bonchev–Trinajstić information content (AvgIpc) is 3.23. The van der Waals surface area contributed by atoms with Gasteiger partial charge in [-0.15, -0.1) is 0 Å². The summed E-state index contributed by atoms with van der Waals surface area (Å²) in [6.07, 6.45) is -4.62. The lowest BCUT2D eigenvalue weighted by Gasteiger charge is -2.15. The second-order valence-electron chi connectivity index (χ2n) is 8.51. The molecule has 4 aromatic rings. The van der Waals surface area contributed by atoms with E-state index in [-0.39, 0.29) is 38.2 Å². The lowest BCUT2D eigenvalue weighted by molar-refractivity contribution is -0.137. The molecule has 0 fully saturated rings. The van der Waals surface area contributed by atoms with Gasteiger partial charge in [0.1, 0.15) is 11.3 Å². The largest absolute Gasteiger partial charge is 0.417 e. The Balaban J connectivity index is 1.81. The highest BCUT2D eigenvalue weighted by Gasteiger charge is 2.35. The van der Waals surface area contributed by atoms with Gasteiger partial charge in [-0.2, -0.15) is 13.2 Å². The van der Waals surface area contributed by atoms with Gasteiger partial charge in [-0.1, -0.05) is 53.5 Å². The SMILES string of the molecule is CC(C)S(=O)(=O)c1ccc(C(CO)c2nc3c(Cl)c(-c4ccccc4C(F)(F)F)c(Cl)cc3[nH]2)cc1. The second-order valence-corrected chi connectivity index (χ2v) is 11.8. The fraction of sp³-hybridized carbons (Fsp3) is 0.240. The van der Waals surface area contributed by atoms with E-state index >= 15 is 0 Å². The lowest BCUT2D eigenvalue weighted by atomic mass is 9.98. The molecule has 1 heterocycles. The number of fused-ring (bicyclic) bond motifs is 1. The number of sulfone groups is 1. The number of nitrogens with one attached hydrogen (secondary N) is 1. The first-order valence-corrected chi connectivity index (χ1v) is 13.2. The van der Waals surface area contributed by atoms with Crippen LogP contribution in [0.4, 0.5) is 13.2 Å². The van der Waals surface area contributed by atoms with Crippen molar-refractivity contribution in [2.75, 3.05) is 6.61 Å². The zero-order chi connectivity index (χ0) is 26.4. The van der Waals surface area contributed by atoms with Gasteiger partial charge >= 0.3 is 6.18 Å². The van der Waals surface area contributed by atoms with Crippen LogP contribution in [0.15, 0.2) is 59.5 Å². The van der Waals surface area contributed by atoms with E-state index in [1.54, 1.807) is 26.0 Å². The number of nitrogens with zero attached hydrogens (tertiary/aromatic N) is 1. The van der Waals surface area contributed by atoms with E-state index in [1.165, 1.54) is 36.4 Å². The molecule has 0 saturated heterocycles. The maximum absolute atomic E-state index is 13.6. The predicted molar refractivity (Wildman–Crippen MR) is 134 cm³/mol. The molecule has 36 heavy (non-hydrogen) atoms. The third-order valence-electron chi connectivity index (χ3n) is 5.93. The molecule has 0 aliphatic carbocycles. The normalized spacial score (nSPS) is 13.5. The maximum Gasteiger partial charge on any atom is 0.417 e. The Kier molecular flexibility index (Phi) is 7.13. The van der Waals surface area contributed by atoms with E-state index in [2.05, 4.69) is 9.97 Å². The van der Waals surface area contributed by atoms with Gasteiger partial charge in [0.15, 0.2) is 9.84 Å². The first-order chi connectivity index (χ1) is 16.9. The Morgan fingerprint density at radius 2 is 1.69 bits per heavy atom. The third-order valence-corrected chi connectivity index (χ3v) is 8.77. The number of hydrogen-bond donors (Lipinski definition) is 2. The Bertz CT molecular complexity index is 1530. The zero-order valence-electron chi connectivity index (χ0n) is 19.1. The smallest absolute Gasteiger partial charge is 0.395 e. The molecule has 190 valence electrons. The number of halogens is 5. The van der Waals surface area contributed by atoms with E-state index in [0.717, 1.165) is 6.07 Å². The van der Waals surface area contributed by atoms with Crippen LogP contribution in [0.2, 0.25) is 10.0 Å². The molecular formula is C25H21Cl2F3N2O3S. The molecule has 1 unspecified atom stereocenters. The van der Waals surface area contributed by atoms with Crippen molar-refractivity contribution in [2.45, 2.75) is 36.1 Å². The molecule has 0 aliphatic heterocycles. The number of alkyl halides is 3. The molecule has 11 heteroatoms. The highest BCUT2D eigenvalue weighted by Crippen LogP contribution is 2.45. The first-order valence-electron chi connectivity index (χ1n) is 10.8. The number of aromatic amines is 1. The molecule has 3 aromatic carbocycles. The molecule has 4 rings (SSSR count). The maximum atomic E-state index is 13.6. The predicted octanol–water partition coefficient (Wildman–Crippen LogP) is 6.86. The molecule has 5 nitrogen and oxygen atoms in total. The van der Waals surface area contributed by atoms with Crippen molar-refractivity contribution in [3.63, 3.8) is 0 Å². The second kappa shape index (κ2) is 9.70. The van der Waals surface area contributed by atoms with E-state index in [0.29, 0.717) is 16.9 Å². The highest BCUT2D eigenvalue weighted by atomic mass is 35.5. The van der Waals surface area contributed by atoms with Crippen molar-refractivity contribution in [1.29, 1.82) is 0 Å². The molecule has 0 amide bonds. The Morgan fingerprint density at radius 3 is 2.28 bits per heavy atom. The van der Waals surface area contributed by atoms with Crippen molar-refractivity contribution < 1.29 is 26.7 Å². The van der Waals surface area contributed by atoms with Gasteiger partial charge in [0.05, 0.1) is 43.8 Å². The fourth-order valence-corrected chi connectivity index (χ4v) is 5.73. The van der Waals surface area contributed by atoms with E-state index in [1.807, 2.05) is 0 Å². The summed E-state index contributed by atoms with van der Waals surface area (Å²) < 4.78 is 65.7. The quantitative estimate of drug-likeness (QED) is 0.271. The summed E-state index contributed by atoms with van der Waals surface area (Å²) in [5, 5.41) is 9.45. The van der Waals surface area contributed by atoms with Crippen LogP contribution in [0.3, 0.4) is 0 Å². The molecule has 2 N–H and O–H groups in total. The van der Waals surface area contributed by atoms with Gasteiger partial charge in [-0.25, -0.2) is 13.4 Å². The monoisotopic (exact) mass is 556 g/mol. The fourth-order valence-electron chi connectivity index (χ4n) is 3.97. The minimum absolute atomic E-state index is 0.000557. The van der Waals surface area contributed by atoms with Crippen molar-refractivity contribution >= 4 is 44.1 Å². The number of hydrogen-bond acceptors (Lipinski definition) is 4. The lowest BCUT2D eigenvalue weighted by Crippen LogP contribution is -2.14. The minimum Gasteiger partial charge on any atom is -0.395 e. The summed E-state index contributed by atoms with van der Waals surface area (Å²) in [5.41, 5.74) is 0.108. The van der Waals surface area contributed by atoms with E-state index < -0.39 is 32.7 Å². The van der Waals surface area contributed by atoms with Gasteiger partial charge in [0.25, 0.3) is 0 Å². The Morgan fingerprint density at radius 1 is 1.06 bits per heavy atom. The van der Waals surface area contributed by atoms with Gasteiger partial charge in [0.2, 0.25) is 0 Å². The number of rotatable bonds is 6. The van der Waals surface area contributed by atoms with Crippen molar-refractivity contribution in [3.8, 4) is 11.1 Å². The average molecular weight is 557 g/mol. The molecule has 0 saturated carbocycles. The van der Waals surface area contributed by atoms with Gasteiger partial charge in [-0.05, 0) is 49.2 Å². The Hall–Kier alpha value is -2.59. The molecule has 0 radical (unpaired) electrons. The van der Waals surface area contributed by atoms with Gasteiger partial charge < -0.3 is 10.1 Å². The molecule has 0 spiro atoms. The van der Waals surface area contributed by atoms with Crippen LogP contribution >= 0.6 is 23.2 Å². The van der Waals surface area contributed by atoms with Crippen LogP contribution in [0, 0.1) is 0 Å². The summed E-state index contributed by atoms with van der Waals surface area (Å²) in [4.78, 5) is 7.66. The molecule has 0 bridgehead atoms. The standard InChI is InChI=1S/C25H21Cl2F3N2O3S/c1-13(2)36(34,35)15-9-7-14(8-10-15)17(12-33)24-31-20-11-19(26)21(22(27)23(20)32-24)16-5-3-4-6-18(16)25(28,29)30/h3-11,13,17,33H,12H2,1-2H3,(H,31,32). The summed E-state index contributed by atoms with van der Waals surface area (Å²) in [6.45, 7) is 2.81. The van der Waals surface area contributed by atoms with Crippen LogP contribution in [-0.2, 0) is 16.0 Å². The molecular weight excluding hydrogens is 536 g/mol. The first kappa shape index (κ1) is 26.5. The topological polar surface area (TPSA) is 83.1 Å². The minimum atomic E-state index is -4.62. The van der Waals surface area contributed by atoms with E-state index in [4.69, 9.17) is 23.2 Å². The Labute approximate surface area is 215 Å². The van der Waals surface area contributed by atoms with E-state index in [9.17, 15) is 26.7 Å². The van der Waals surface area contributed by atoms with Crippen molar-refractivity contribution in [1.82, 2.24) is 9.97 Å². The summed E-state index contributed by atoms with van der Waals surface area (Å²) >= 11 is 12.9. The van der Waals surface area contributed by atoms with Crippen LogP contribution in [0.25, 0.3) is 22.2 Å². The summed E-state index contributed by atoms with van der Waals surface area (Å²) in [5.74, 6) is -0.375. The highest BCUT2D eigenvalue weighted by molar-refractivity contribution is 7.92. The van der Waals surface area contributed by atoms with Crippen molar-refractivity contribution in [2.24, 2.45) is 0 Å². The number of aliphatic hydroxyl groups excluding tert-OH is 1. The third kappa shape index (κ3) is 4.72. The number of aliphatic hydroxyl groups is 1. The van der Waals surface area contributed by atoms with Gasteiger partial charge in [0, 0.05) is 5.56 Å². The van der Waals surface area contributed by atoms with Crippen LogP contribution in [0.5, 0.6) is 0 Å². The molecule has 1 aromatic heterocycles. The van der Waals surface area contributed by atoms with Crippen LogP contribution in [-0.4, -0.2) is 35.3 Å². The summed E-state index contributed by atoms with van der Waals surface area (Å²) in [7, 11) is -3.46. The number of benzene rings is 3. The van der Waals surface area contributed by atoms with Crippen LogP contribution < -0.4 is 0 Å². The molecule has 0 aliphatic rings. The number of H-pyrrole nitrogens is 1. The van der Waals surface area contributed by atoms with Gasteiger partial charge in [-0.3, -0.25) is 0 Å². The van der Waals surface area contributed by atoms with Crippen LogP contribution in [0.1, 0.15) is 36.7 Å². The van der Waals surface area contributed by atoms with Crippen molar-refractivity contribution in [3.05, 3.63) is 81.6 Å². The number of imidazole rings is 1. The zero-order valence-corrected chi connectivity index (χ0v) is 21.4. The molecule has 1 atom stereocenters. The number of aromatic nitrogens is 2.